The molecule has 2 aromatic rings. The molecular weight excluding hydrogens is 248 g/mol. The Kier molecular flexibility index (Phi) is 3.45. The fourth-order valence-electron chi connectivity index (χ4n) is 2.34. The summed E-state index contributed by atoms with van der Waals surface area (Å²) >= 11 is 0. The first-order valence-corrected chi connectivity index (χ1v) is 6.10. The van der Waals surface area contributed by atoms with E-state index in [2.05, 4.69) is 0 Å². The molecule has 4 heteroatoms. The first-order valence-electron chi connectivity index (χ1n) is 6.10. The van der Waals surface area contributed by atoms with Crippen LogP contribution in [0.5, 0.6) is 0 Å². The topological polar surface area (TPSA) is 39.2 Å². The van der Waals surface area contributed by atoms with E-state index in [0.29, 0.717) is 11.3 Å². The molecule has 2 rings (SSSR count). The van der Waals surface area contributed by atoms with Gasteiger partial charge in [-0.25, -0.2) is 8.78 Å². The van der Waals surface area contributed by atoms with Gasteiger partial charge < -0.3 is 10.2 Å². The van der Waals surface area contributed by atoms with E-state index in [1.165, 1.54) is 6.07 Å². The lowest BCUT2D eigenvalue weighted by atomic mass is 9.94. The van der Waals surface area contributed by atoms with Crippen molar-refractivity contribution >= 4 is 0 Å². The number of aryl methyl sites for hydroxylation is 3. The molecule has 0 bridgehead atoms. The maximum absolute atomic E-state index is 13.9. The summed E-state index contributed by atoms with van der Waals surface area (Å²) < 4.78 is 32.7. The van der Waals surface area contributed by atoms with E-state index in [1.807, 2.05) is 13.8 Å². The summed E-state index contributed by atoms with van der Waals surface area (Å²) in [4.78, 5) is 0. The molecule has 0 aliphatic rings. The van der Waals surface area contributed by atoms with Gasteiger partial charge in [0.15, 0.2) is 0 Å². The van der Waals surface area contributed by atoms with Gasteiger partial charge in [-0.05, 0) is 44.9 Å². The number of hydrogen-bond acceptors (Lipinski definition) is 2. The van der Waals surface area contributed by atoms with Crippen molar-refractivity contribution in [1.82, 2.24) is 0 Å². The van der Waals surface area contributed by atoms with Crippen LogP contribution in [0.4, 0.5) is 8.78 Å². The third-order valence-electron chi connectivity index (χ3n) is 3.54. The second-order valence-electron chi connectivity index (χ2n) is 4.85. The summed E-state index contributed by atoms with van der Waals surface area (Å²) in [5.41, 5.74) is 8.46. The van der Waals surface area contributed by atoms with E-state index in [-0.39, 0.29) is 5.56 Å². The summed E-state index contributed by atoms with van der Waals surface area (Å²) in [6.07, 6.45) is 0. The van der Waals surface area contributed by atoms with Gasteiger partial charge in [-0.2, -0.15) is 0 Å². The van der Waals surface area contributed by atoms with Gasteiger partial charge in [0.25, 0.3) is 0 Å². The van der Waals surface area contributed by atoms with Gasteiger partial charge in [0.2, 0.25) is 0 Å². The molecule has 0 aliphatic heterocycles. The van der Waals surface area contributed by atoms with Crippen LogP contribution in [0.2, 0.25) is 0 Å². The number of benzene rings is 1. The Bertz CT molecular complexity index is 632. The van der Waals surface area contributed by atoms with E-state index in [0.717, 1.165) is 23.0 Å². The minimum Gasteiger partial charge on any atom is -0.466 e. The highest BCUT2D eigenvalue weighted by molar-refractivity contribution is 5.41. The standard InChI is InChI=1S/C15H17F2NO/c1-7-5-11(13(17)6-12(7)16)15(18)14-8(2)9(3)19-10(14)4/h5-6,15H,18H2,1-4H3. The Morgan fingerprint density at radius 2 is 1.63 bits per heavy atom. The van der Waals surface area contributed by atoms with Crippen LogP contribution in [0.3, 0.4) is 0 Å². The first-order chi connectivity index (χ1) is 8.82. The SMILES string of the molecule is Cc1cc(C(N)c2c(C)oc(C)c2C)c(F)cc1F. The molecule has 102 valence electrons. The average molecular weight is 265 g/mol. The quantitative estimate of drug-likeness (QED) is 0.896. The third-order valence-corrected chi connectivity index (χ3v) is 3.54. The molecule has 19 heavy (non-hydrogen) atoms. The van der Waals surface area contributed by atoms with E-state index in [1.54, 1.807) is 13.8 Å². The summed E-state index contributed by atoms with van der Waals surface area (Å²) in [7, 11) is 0. The number of nitrogens with two attached hydrogens (primary N) is 1. The van der Waals surface area contributed by atoms with Crippen molar-refractivity contribution in [2.24, 2.45) is 5.73 Å². The highest BCUT2D eigenvalue weighted by Crippen LogP contribution is 2.31. The minimum absolute atomic E-state index is 0.283. The lowest BCUT2D eigenvalue weighted by Crippen LogP contribution is -2.15. The van der Waals surface area contributed by atoms with Crippen molar-refractivity contribution in [1.29, 1.82) is 0 Å². The second kappa shape index (κ2) is 4.78. The van der Waals surface area contributed by atoms with Gasteiger partial charge >= 0.3 is 0 Å². The zero-order chi connectivity index (χ0) is 14.3. The van der Waals surface area contributed by atoms with Gasteiger partial charge in [0, 0.05) is 17.2 Å². The van der Waals surface area contributed by atoms with Crippen LogP contribution in [0.15, 0.2) is 16.5 Å². The summed E-state index contributed by atoms with van der Waals surface area (Å²) in [5.74, 6) is 0.240. The minimum atomic E-state index is -0.656. The number of hydrogen-bond donors (Lipinski definition) is 1. The molecule has 0 saturated heterocycles. The van der Waals surface area contributed by atoms with Crippen LogP contribution in [-0.2, 0) is 0 Å². The van der Waals surface area contributed by atoms with Crippen LogP contribution in [-0.4, -0.2) is 0 Å². The van der Waals surface area contributed by atoms with Crippen molar-refractivity contribution in [3.8, 4) is 0 Å². The molecule has 2 N–H and O–H groups in total. The van der Waals surface area contributed by atoms with Crippen LogP contribution >= 0.6 is 0 Å². The van der Waals surface area contributed by atoms with E-state index in [9.17, 15) is 8.78 Å². The largest absolute Gasteiger partial charge is 0.466 e. The van der Waals surface area contributed by atoms with Crippen molar-refractivity contribution in [2.75, 3.05) is 0 Å². The summed E-state index contributed by atoms with van der Waals surface area (Å²) in [5, 5.41) is 0. The van der Waals surface area contributed by atoms with Gasteiger partial charge in [0.1, 0.15) is 23.2 Å². The zero-order valence-electron chi connectivity index (χ0n) is 11.5. The fourth-order valence-corrected chi connectivity index (χ4v) is 2.34. The van der Waals surface area contributed by atoms with Crippen LogP contribution < -0.4 is 5.73 Å². The zero-order valence-corrected chi connectivity index (χ0v) is 11.5. The Balaban J connectivity index is 2.56. The monoisotopic (exact) mass is 265 g/mol. The molecule has 0 fully saturated rings. The Morgan fingerprint density at radius 1 is 1.00 bits per heavy atom. The number of halogens is 2. The Labute approximate surface area is 111 Å². The predicted molar refractivity (Wildman–Crippen MR) is 70.0 cm³/mol. The van der Waals surface area contributed by atoms with E-state index < -0.39 is 17.7 Å². The lowest BCUT2D eigenvalue weighted by molar-refractivity contribution is 0.497. The normalized spacial score (nSPS) is 12.8. The van der Waals surface area contributed by atoms with Crippen molar-refractivity contribution in [2.45, 2.75) is 33.7 Å². The van der Waals surface area contributed by atoms with Gasteiger partial charge in [-0.15, -0.1) is 0 Å². The molecule has 0 amide bonds. The highest BCUT2D eigenvalue weighted by atomic mass is 19.1. The molecule has 0 spiro atoms. The second-order valence-corrected chi connectivity index (χ2v) is 4.85. The molecular formula is C15H17F2NO. The maximum Gasteiger partial charge on any atom is 0.131 e. The Morgan fingerprint density at radius 3 is 2.16 bits per heavy atom. The first kappa shape index (κ1) is 13.7. The van der Waals surface area contributed by atoms with Crippen molar-refractivity contribution in [3.05, 3.63) is 57.5 Å². The molecule has 1 aromatic carbocycles. The van der Waals surface area contributed by atoms with Crippen molar-refractivity contribution < 1.29 is 13.2 Å². The van der Waals surface area contributed by atoms with Crippen LogP contribution in [0.25, 0.3) is 0 Å². The fraction of sp³-hybridized carbons (Fsp3) is 0.333. The smallest absolute Gasteiger partial charge is 0.131 e. The summed E-state index contributed by atoms with van der Waals surface area (Å²) in [6.45, 7) is 7.11. The van der Waals surface area contributed by atoms with E-state index in [4.69, 9.17) is 10.2 Å². The molecule has 0 radical (unpaired) electrons. The lowest BCUT2D eigenvalue weighted by Gasteiger charge is -2.15. The molecule has 1 heterocycles. The molecule has 2 nitrogen and oxygen atoms in total. The maximum atomic E-state index is 13.9. The van der Waals surface area contributed by atoms with E-state index >= 15 is 0 Å². The predicted octanol–water partition coefficient (Wildman–Crippen LogP) is 3.84. The van der Waals surface area contributed by atoms with Crippen molar-refractivity contribution in [3.63, 3.8) is 0 Å². The molecule has 0 saturated carbocycles. The highest BCUT2D eigenvalue weighted by Gasteiger charge is 2.22. The van der Waals surface area contributed by atoms with Gasteiger partial charge in [0.05, 0.1) is 6.04 Å². The third kappa shape index (κ3) is 2.28. The number of rotatable bonds is 2. The molecule has 1 aromatic heterocycles. The Hall–Kier alpha value is -1.68. The number of furan rings is 1. The molecule has 1 unspecified atom stereocenters. The molecule has 1 atom stereocenters. The average Bonchev–Trinajstić information content (AvgIpc) is 2.57. The summed E-state index contributed by atoms with van der Waals surface area (Å²) in [6, 6.07) is 1.68. The van der Waals surface area contributed by atoms with Gasteiger partial charge in [-0.1, -0.05) is 0 Å². The van der Waals surface area contributed by atoms with Crippen LogP contribution in [0.1, 0.15) is 39.8 Å². The van der Waals surface area contributed by atoms with Crippen LogP contribution in [0, 0.1) is 39.3 Å². The van der Waals surface area contributed by atoms with Gasteiger partial charge in [-0.3, -0.25) is 0 Å². The molecule has 0 aliphatic carbocycles.